The second-order valence-corrected chi connectivity index (χ2v) is 7.10. The first-order valence-electron chi connectivity index (χ1n) is 8.23. The Labute approximate surface area is 150 Å². The molecule has 2 heterocycles. The van der Waals surface area contributed by atoms with Crippen LogP contribution < -0.4 is 4.90 Å². The molecule has 0 aliphatic carbocycles. The largest absolute Gasteiger partial charge is 0.378 e. The Kier molecular flexibility index (Phi) is 4.19. The third kappa shape index (κ3) is 3.25. The van der Waals surface area contributed by atoms with Gasteiger partial charge in [0.1, 0.15) is 5.01 Å². The van der Waals surface area contributed by atoms with Crippen molar-refractivity contribution < 1.29 is 0 Å². The Balaban J connectivity index is 1.57. The van der Waals surface area contributed by atoms with Crippen LogP contribution in [0.15, 0.2) is 54.6 Å². The van der Waals surface area contributed by atoms with E-state index in [4.69, 9.17) is 5.10 Å². The monoisotopic (exact) mass is 349 g/mol. The Hall–Kier alpha value is -2.73. The van der Waals surface area contributed by atoms with Gasteiger partial charge in [0.15, 0.2) is 5.82 Å². The molecule has 0 N–H and O–H groups in total. The van der Waals surface area contributed by atoms with Crippen LogP contribution in [0.2, 0.25) is 0 Å². The standard InChI is InChI=1S/C19H19N5S/c1-23(2)16-11-9-15(10-12-16)18-22-24-17(20-21-19(24)25-18)13-8-14-6-4-3-5-7-14/h3-7,9-12H,8,13H2,1-2H3. The van der Waals surface area contributed by atoms with Crippen LogP contribution in [0.5, 0.6) is 0 Å². The van der Waals surface area contributed by atoms with Crippen LogP contribution in [0, 0.1) is 0 Å². The molecule has 0 aliphatic heterocycles. The number of anilines is 1. The number of hydrogen-bond donors (Lipinski definition) is 0. The maximum atomic E-state index is 4.73. The lowest BCUT2D eigenvalue weighted by Gasteiger charge is -2.11. The topological polar surface area (TPSA) is 46.3 Å². The van der Waals surface area contributed by atoms with Crippen molar-refractivity contribution >= 4 is 22.0 Å². The quantitative estimate of drug-likeness (QED) is 0.551. The van der Waals surface area contributed by atoms with Crippen molar-refractivity contribution in [1.29, 1.82) is 0 Å². The second kappa shape index (κ2) is 6.64. The predicted octanol–water partition coefficient (Wildman–Crippen LogP) is 3.70. The molecular weight excluding hydrogens is 330 g/mol. The lowest BCUT2D eigenvalue weighted by molar-refractivity contribution is 0.793. The van der Waals surface area contributed by atoms with Crippen molar-refractivity contribution in [3.63, 3.8) is 0 Å². The molecule has 0 fully saturated rings. The highest BCUT2D eigenvalue weighted by Gasteiger charge is 2.13. The Morgan fingerprint density at radius 3 is 2.40 bits per heavy atom. The summed E-state index contributed by atoms with van der Waals surface area (Å²) in [6.07, 6.45) is 1.76. The van der Waals surface area contributed by atoms with Crippen molar-refractivity contribution in [2.75, 3.05) is 19.0 Å². The van der Waals surface area contributed by atoms with Gasteiger partial charge in [0.05, 0.1) is 0 Å². The van der Waals surface area contributed by atoms with E-state index in [-0.39, 0.29) is 0 Å². The van der Waals surface area contributed by atoms with E-state index >= 15 is 0 Å². The van der Waals surface area contributed by atoms with Crippen LogP contribution in [0.25, 0.3) is 15.5 Å². The summed E-state index contributed by atoms with van der Waals surface area (Å²) in [5.41, 5.74) is 3.58. The molecule has 25 heavy (non-hydrogen) atoms. The van der Waals surface area contributed by atoms with Crippen LogP contribution in [0.1, 0.15) is 11.4 Å². The minimum absolute atomic E-state index is 0.827. The van der Waals surface area contributed by atoms with Gasteiger partial charge in [-0.25, -0.2) is 0 Å². The maximum absolute atomic E-state index is 4.73. The van der Waals surface area contributed by atoms with E-state index < -0.39 is 0 Å². The fraction of sp³-hybridized carbons (Fsp3) is 0.211. The molecule has 0 saturated heterocycles. The molecule has 0 bridgehead atoms. The number of nitrogens with zero attached hydrogens (tertiary/aromatic N) is 5. The minimum atomic E-state index is 0.827. The van der Waals surface area contributed by atoms with E-state index in [0.29, 0.717) is 0 Å². The molecule has 0 spiro atoms. The fourth-order valence-electron chi connectivity index (χ4n) is 2.73. The van der Waals surface area contributed by atoms with E-state index in [1.165, 1.54) is 11.3 Å². The van der Waals surface area contributed by atoms with E-state index in [9.17, 15) is 0 Å². The molecule has 126 valence electrons. The van der Waals surface area contributed by atoms with Crippen molar-refractivity contribution in [3.8, 4) is 10.6 Å². The van der Waals surface area contributed by atoms with Gasteiger partial charge in [-0.2, -0.15) is 9.61 Å². The van der Waals surface area contributed by atoms with Gasteiger partial charge in [0.2, 0.25) is 4.96 Å². The molecule has 0 unspecified atom stereocenters. The Morgan fingerprint density at radius 1 is 0.920 bits per heavy atom. The molecule has 2 aromatic heterocycles. The summed E-state index contributed by atoms with van der Waals surface area (Å²) in [6.45, 7) is 0. The van der Waals surface area contributed by atoms with Crippen LogP contribution in [0.3, 0.4) is 0 Å². The van der Waals surface area contributed by atoms with E-state index in [1.54, 1.807) is 11.3 Å². The molecule has 0 amide bonds. The van der Waals surface area contributed by atoms with Gasteiger partial charge < -0.3 is 4.90 Å². The molecule has 0 atom stereocenters. The van der Waals surface area contributed by atoms with Gasteiger partial charge in [-0.05, 0) is 36.2 Å². The van der Waals surface area contributed by atoms with Crippen LogP contribution in [-0.2, 0) is 12.8 Å². The van der Waals surface area contributed by atoms with Crippen LogP contribution in [-0.4, -0.2) is 33.9 Å². The zero-order valence-electron chi connectivity index (χ0n) is 14.3. The molecule has 0 aliphatic rings. The summed E-state index contributed by atoms with van der Waals surface area (Å²) in [4.78, 5) is 2.93. The molecule has 0 saturated carbocycles. The summed E-state index contributed by atoms with van der Waals surface area (Å²) in [5, 5.41) is 14.3. The third-order valence-corrected chi connectivity index (χ3v) is 5.11. The summed E-state index contributed by atoms with van der Waals surface area (Å²) in [6, 6.07) is 18.8. The van der Waals surface area contributed by atoms with Crippen molar-refractivity contribution in [1.82, 2.24) is 19.8 Å². The zero-order chi connectivity index (χ0) is 17.2. The second-order valence-electron chi connectivity index (χ2n) is 6.14. The van der Waals surface area contributed by atoms with Gasteiger partial charge in [-0.1, -0.05) is 41.7 Å². The minimum Gasteiger partial charge on any atom is -0.378 e. The molecule has 4 aromatic rings. The van der Waals surface area contributed by atoms with Crippen molar-refractivity contribution in [2.24, 2.45) is 0 Å². The van der Waals surface area contributed by atoms with E-state index in [1.807, 2.05) is 24.7 Å². The van der Waals surface area contributed by atoms with E-state index in [2.05, 4.69) is 63.6 Å². The first-order chi connectivity index (χ1) is 12.2. The normalized spacial score (nSPS) is 11.1. The molecule has 6 heteroatoms. The number of rotatable bonds is 5. The maximum Gasteiger partial charge on any atom is 0.234 e. The lowest BCUT2D eigenvalue weighted by Crippen LogP contribution is -2.07. The number of aromatic nitrogens is 4. The smallest absolute Gasteiger partial charge is 0.234 e. The first kappa shape index (κ1) is 15.8. The van der Waals surface area contributed by atoms with Gasteiger partial charge >= 0.3 is 0 Å². The zero-order valence-corrected chi connectivity index (χ0v) is 15.1. The highest BCUT2D eigenvalue weighted by molar-refractivity contribution is 7.19. The summed E-state index contributed by atoms with van der Waals surface area (Å²) < 4.78 is 1.88. The molecule has 0 radical (unpaired) electrons. The summed E-state index contributed by atoms with van der Waals surface area (Å²) in [5.74, 6) is 0.909. The summed E-state index contributed by atoms with van der Waals surface area (Å²) >= 11 is 1.57. The van der Waals surface area contributed by atoms with Gasteiger partial charge in [-0.3, -0.25) is 0 Å². The molecule has 5 nitrogen and oxygen atoms in total. The average molecular weight is 349 g/mol. The molecule has 2 aromatic carbocycles. The van der Waals surface area contributed by atoms with Crippen molar-refractivity contribution in [2.45, 2.75) is 12.8 Å². The number of fused-ring (bicyclic) bond motifs is 1. The fourth-order valence-corrected chi connectivity index (χ4v) is 3.60. The van der Waals surface area contributed by atoms with E-state index in [0.717, 1.165) is 34.2 Å². The van der Waals surface area contributed by atoms with Crippen LogP contribution in [0.4, 0.5) is 5.69 Å². The predicted molar refractivity (Wildman–Crippen MR) is 102 cm³/mol. The number of aryl methyl sites for hydroxylation is 2. The molecule has 4 rings (SSSR count). The average Bonchev–Trinajstić information content (AvgIpc) is 3.22. The number of benzene rings is 2. The Morgan fingerprint density at radius 2 is 1.68 bits per heavy atom. The molecular formula is C19H19N5S. The lowest BCUT2D eigenvalue weighted by atomic mass is 10.1. The van der Waals surface area contributed by atoms with Gasteiger partial charge in [-0.15, -0.1) is 10.2 Å². The Bertz CT molecular complexity index is 970. The first-order valence-corrected chi connectivity index (χ1v) is 9.05. The van der Waals surface area contributed by atoms with Gasteiger partial charge in [0, 0.05) is 31.8 Å². The number of hydrogen-bond acceptors (Lipinski definition) is 5. The third-order valence-electron chi connectivity index (χ3n) is 4.17. The SMILES string of the molecule is CN(C)c1ccc(-c2nn3c(CCc4ccccc4)nnc3s2)cc1. The van der Waals surface area contributed by atoms with Crippen molar-refractivity contribution in [3.05, 3.63) is 66.0 Å². The van der Waals surface area contributed by atoms with Crippen LogP contribution >= 0.6 is 11.3 Å². The highest BCUT2D eigenvalue weighted by atomic mass is 32.1. The van der Waals surface area contributed by atoms with Gasteiger partial charge in [0.25, 0.3) is 0 Å². The summed E-state index contributed by atoms with van der Waals surface area (Å²) in [7, 11) is 4.08. The highest BCUT2D eigenvalue weighted by Crippen LogP contribution is 2.27.